The molecule has 0 amide bonds. The van der Waals surface area contributed by atoms with Crippen molar-refractivity contribution < 1.29 is 9.90 Å². The smallest absolute Gasteiger partial charge is 0.310 e. The molecule has 0 aliphatic heterocycles. The number of carboxylic acids is 1. The van der Waals surface area contributed by atoms with E-state index >= 15 is 0 Å². The van der Waals surface area contributed by atoms with Gasteiger partial charge in [0.1, 0.15) is 0 Å². The average Bonchev–Trinajstić information content (AvgIpc) is 2.28. The standard InChI is InChI=1S/C13H11BrO2/c1-8(13(15)16)10-6-5-9-3-2-4-12(14)11(9)7-10/h2-8H,1H3,(H,15,16). The van der Waals surface area contributed by atoms with Crippen molar-refractivity contribution in [3.05, 3.63) is 46.4 Å². The third-order valence-electron chi connectivity index (χ3n) is 2.72. The number of carboxylic acid groups (broad SMARTS) is 1. The molecule has 0 aliphatic rings. The molecule has 1 atom stereocenters. The molecule has 0 heterocycles. The fourth-order valence-corrected chi connectivity index (χ4v) is 2.16. The quantitative estimate of drug-likeness (QED) is 0.908. The summed E-state index contributed by atoms with van der Waals surface area (Å²) in [6.45, 7) is 1.69. The topological polar surface area (TPSA) is 37.3 Å². The van der Waals surface area contributed by atoms with Gasteiger partial charge in [-0.15, -0.1) is 0 Å². The van der Waals surface area contributed by atoms with E-state index in [1.807, 2.05) is 36.4 Å². The highest BCUT2D eigenvalue weighted by Crippen LogP contribution is 2.27. The van der Waals surface area contributed by atoms with E-state index in [2.05, 4.69) is 15.9 Å². The highest BCUT2D eigenvalue weighted by molar-refractivity contribution is 9.10. The van der Waals surface area contributed by atoms with Crippen LogP contribution in [0.5, 0.6) is 0 Å². The number of hydrogen-bond donors (Lipinski definition) is 1. The van der Waals surface area contributed by atoms with Crippen molar-refractivity contribution in [1.82, 2.24) is 0 Å². The first-order chi connectivity index (χ1) is 7.59. The molecule has 2 nitrogen and oxygen atoms in total. The maximum Gasteiger partial charge on any atom is 0.310 e. The molecule has 2 aromatic rings. The first kappa shape index (κ1) is 11.1. The van der Waals surface area contributed by atoms with E-state index in [-0.39, 0.29) is 0 Å². The van der Waals surface area contributed by atoms with E-state index in [1.54, 1.807) is 6.92 Å². The summed E-state index contributed by atoms with van der Waals surface area (Å²) in [5.41, 5.74) is 0.826. The number of carbonyl (C=O) groups is 1. The Hall–Kier alpha value is -1.35. The number of fused-ring (bicyclic) bond motifs is 1. The maximum atomic E-state index is 10.9. The third-order valence-corrected chi connectivity index (χ3v) is 3.41. The van der Waals surface area contributed by atoms with Crippen molar-refractivity contribution >= 4 is 32.7 Å². The molecule has 0 radical (unpaired) electrons. The summed E-state index contributed by atoms with van der Waals surface area (Å²) in [5, 5.41) is 11.1. The molecule has 1 N–H and O–H groups in total. The van der Waals surface area contributed by atoms with Gasteiger partial charge in [0, 0.05) is 4.47 Å². The number of halogens is 1. The van der Waals surface area contributed by atoms with Crippen LogP contribution in [0.2, 0.25) is 0 Å². The van der Waals surface area contributed by atoms with Crippen molar-refractivity contribution in [1.29, 1.82) is 0 Å². The molecule has 3 heteroatoms. The molecule has 2 rings (SSSR count). The van der Waals surface area contributed by atoms with E-state index in [4.69, 9.17) is 5.11 Å². The Morgan fingerprint density at radius 2 is 2.06 bits per heavy atom. The largest absolute Gasteiger partial charge is 0.481 e. The Morgan fingerprint density at radius 3 is 2.75 bits per heavy atom. The van der Waals surface area contributed by atoms with Gasteiger partial charge in [0.05, 0.1) is 5.92 Å². The summed E-state index contributed by atoms with van der Waals surface area (Å²) < 4.78 is 0.990. The molecular weight excluding hydrogens is 268 g/mol. The summed E-state index contributed by atoms with van der Waals surface area (Å²) in [5.74, 6) is -1.28. The summed E-state index contributed by atoms with van der Waals surface area (Å²) in [6, 6.07) is 11.7. The lowest BCUT2D eigenvalue weighted by molar-refractivity contribution is -0.138. The van der Waals surface area contributed by atoms with Crippen LogP contribution in [0.1, 0.15) is 18.4 Å². The summed E-state index contributed by atoms with van der Waals surface area (Å²) >= 11 is 3.47. The predicted octanol–water partition coefficient (Wildman–Crippen LogP) is 3.79. The van der Waals surface area contributed by atoms with Crippen LogP contribution in [0.3, 0.4) is 0 Å². The summed E-state index contributed by atoms with van der Waals surface area (Å²) in [6.07, 6.45) is 0. The number of rotatable bonds is 2. The van der Waals surface area contributed by atoms with Crippen molar-refractivity contribution in [2.45, 2.75) is 12.8 Å². The molecule has 0 aliphatic carbocycles. The predicted molar refractivity (Wildman–Crippen MR) is 67.7 cm³/mol. The second kappa shape index (κ2) is 4.26. The van der Waals surface area contributed by atoms with Gasteiger partial charge in [0.2, 0.25) is 0 Å². The summed E-state index contributed by atoms with van der Waals surface area (Å²) in [7, 11) is 0. The van der Waals surface area contributed by atoms with Crippen molar-refractivity contribution in [3.8, 4) is 0 Å². The highest BCUT2D eigenvalue weighted by atomic mass is 79.9. The normalized spacial score (nSPS) is 12.6. The van der Waals surface area contributed by atoms with Gasteiger partial charge in [-0.3, -0.25) is 4.79 Å². The van der Waals surface area contributed by atoms with Gasteiger partial charge < -0.3 is 5.11 Å². The Labute approximate surface area is 102 Å². The van der Waals surface area contributed by atoms with Gasteiger partial charge in [-0.2, -0.15) is 0 Å². The molecule has 0 bridgehead atoms. The van der Waals surface area contributed by atoms with Gasteiger partial charge >= 0.3 is 5.97 Å². The van der Waals surface area contributed by atoms with Gasteiger partial charge in [0.25, 0.3) is 0 Å². The van der Waals surface area contributed by atoms with Crippen LogP contribution in [0.4, 0.5) is 0 Å². The lowest BCUT2D eigenvalue weighted by Gasteiger charge is -2.08. The van der Waals surface area contributed by atoms with E-state index in [1.165, 1.54) is 0 Å². The molecule has 0 saturated heterocycles. The van der Waals surface area contributed by atoms with E-state index in [0.29, 0.717) is 0 Å². The van der Waals surface area contributed by atoms with Crippen LogP contribution in [-0.2, 0) is 4.79 Å². The Kier molecular flexibility index (Phi) is 2.97. The lowest BCUT2D eigenvalue weighted by atomic mass is 9.98. The van der Waals surface area contributed by atoms with Crippen LogP contribution >= 0.6 is 15.9 Å². The molecule has 16 heavy (non-hydrogen) atoms. The van der Waals surface area contributed by atoms with Crippen molar-refractivity contribution in [3.63, 3.8) is 0 Å². The van der Waals surface area contributed by atoms with Crippen LogP contribution in [-0.4, -0.2) is 11.1 Å². The van der Waals surface area contributed by atoms with Crippen LogP contribution < -0.4 is 0 Å². The van der Waals surface area contributed by atoms with E-state index in [9.17, 15) is 4.79 Å². The van der Waals surface area contributed by atoms with Gasteiger partial charge in [-0.05, 0) is 35.4 Å². The van der Waals surface area contributed by atoms with Gasteiger partial charge in [-0.1, -0.05) is 40.2 Å². The van der Waals surface area contributed by atoms with Gasteiger partial charge in [-0.25, -0.2) is 0 Å². The lowest BCUT2D eigenvalue weighted by Crippen LogP contribution is -2.07. The zero-order valence-corrected chi connectivity index (χ0v) is 10.4. The van der Waals surface area contributed by atoms with Crippen LogP contribution in [0.15, 0.2) is 40.9 Å². The zero-order chi connectivity index (χ0) is 11.7. The molecule has 0 spiro atoms. The maximum absolute atomic E-state index is 10.9. The van der Waals surface area contributed by atoms with Crippen molar-refractivity contribution in [2.24, 2.45) is 0 Å². The fourth-order valence-electron chi connectivity index (χ4n) is 1.66. The third kappa shape index (κ3) is 1.95. The monoisotopic (exact) mass is 278 g/mol. The van der Waals surface area contributed by atoms with Crippen molar-refractivity contribution in [2.75, 3.05) is 0 Å². The van der Waals surface area contributed by atoms with Gasteiger partial charge in [0.15, 0.2) is 0 Å². The van der Waals surface area contributed by atoms with Crippen LogP contribution in [0, 0.1) is 0 Å². The SMILES string of the molecule is CC(C(=O)O)c1ccc2cccc(Br)c2c1. The van der Waals surface area contributed by atoms with E-state index in [0.717, 1.165) is 20.8 Å². The molecule has 0 aromatic heterocycles. The molecule has 0 fully saturated rings. The Morgan fingerprint density at radius 1 is 1.31 bits per heavy atom. The summed E-state index contributed by atoms with van der Waals surface area (Å²) in [4.78, 5) is 10.9. The number of benzene rings is 2. The second-order valence-electron chi connectivity index (χ2n) is 3.78. The minimum absolute atomic E-state index is 0.475. The molecule has 0 saturated carbocycles. The molecular formula is C13H11BrO2. The number of hydrogen-bond acceptors (Lipinski definition) is 1. The second-order valence-corrected chi connectivity index (χ2v) is 4.63. The first-order valence-electron chi connectivity index (χ1n) is 5.00. The molecule has 82 valence electrons. The first-order valence-corrected chi connectivity index (χ1v) is 5.80. The van der Waals surface area contributed by atoms with Crippen LogP contribution in [0.25, 0.3) is 10.8 Å². The van der Waals surface area contributed by atoms with E-state index < -0.39 is 11.9 Å². The minimum atomic E-state index is -0.800. The number of aliphatic carboxylic acids is 1. The minimum Gasteiger partial charge on any atom is -0.481 e. The Balaban J connectivity index is 2.59. The molecule has 2 aromatic carbocycles. The zero-order valence-electron chi connectivity index (χ0n) is 8.77. The highest BCUT2D eigenvalue weighted by Gasteiger charge is 2.13. The Bertz CT molecular complexity index is 549. The fraction of sp³-hybridized carbons (Fsp3) is 0.154. The average molecular weight is 279 g/mol. The molecule has 1 unspecified atom stereocenters.